The first-order valence-corrected chi connectivity index (χ1v) is 10.4. The molecular weight excluding hydrogens is 368 g/mol. The van der Waals surface area contributed by atoms with E-state index in [1.165, 1.54) is 16.8 Å². The van der Waals surface area contributed by atoms with E-state index in [0.717, 1.165) is 44.0 Å². The molecule has 4 rings (SSSR count). The molecule has 2 atom stereocenters. The number of ether oxygens (including phenoxy) is 2. The third kappa shape index (κ3) is 3.83. The molecule has 0 N–H and O–H groups in total. The van der Waals surface area contributed by atoms with Gasteiger partial charge in [-0.1, -0.05) is 12.1 Å². The van der Waals surface area contributed by atoms with E-state index in [2.05, 4.69) is 47.6 Å². The third-order valence-corrected chi connectivity index (χ3v) is 6.21. The molecule has 0 spiro atoms. The van der Waals surface area contributed by atoms with Crippen molar-refractivity contribution in [3.05, 3.63) is 46.8 Å². The van der Waals surface area contributed by atoms with Crippen molar-refractivity contribution in [2.45, 2.75) is 52.4 Å². The van der Waals surface area contributed by atoms with Gasteiger partial charge in [-0.3, -0.25) is 14.5 Å². The van der Waals surface area contributed by atoms with Crippen LogP contribution in [0.3, 0.4) is 0 Å². The molecule has 0 aliphatic carbocycles. The smallest absolute Gasteiger partial charge is 0.410 e. The maximum absolute atomic E-state index is 12.4. The standard InChI is InChI=1S/C22H30N4O3/c1-5-26-16(3)19(15(2)23-26)12-24-13-20-21(14-24)29-22(27)25(20)11-10-17-6-8-18(28-4)9-7-17/h6-9,20-21H,5,10-14H2,1-4H3/t20-,21+/m0/s1. The molecule has 0 bridgehead atoms. The van der Waals surface area contributed by atoms with Crippen LogP contribution < -0.4 is 4.74 Å². The molecule has 2 aliphatic heterocycles. The lowest BCUT2D eigenvalue weighted by atomic mass is 10.1. The maximum Gasteiger partial charge on any atom is 0.410 e. The Bertz CT molecular complexity index is 877. The molecule has 0 saturated carbocycles. The van der Waals surface area contributed by atoms with E-state index >= 15 is 0 Å². The van der Waals surface area contributed by atoms with Gasteiger partial charge in [-0.2, -0.15) is 5.10 Å². The molecule has 2 saturated heterocycles. The lowest BCUT2D eigenvalue weighted by molar-refractivity contribution is 0.120. The summed E-state index contributed by atoms with van der Waals surface area (Å²) >= 11 is 0. The fourth-order valence-electron chi connectivity index (χ4n) is 4.50. The molecule has 29 heavy (non-hydrogen) atoms. The predicted molar refractivity (Wildman–Crippen MR) is 110 cm³/mol. The Morgan fingerprint density at radius 1 is 1.21 bits per heavy atom. The molecule has 1 aromatic heterocycles. The lowest BCUT2D eigenvalue weighted by Crippen LogP contribution is -2.39. The fraction of sp³-hybridized carbons (Fsp3) is 0.545. The van der Waals surface area contributed by atoms with E-state index in [4.69, 9.17) is 9.47 Å². The zero-order valence-electron chi connectivity index (χ0n) is 17.7. The highest BCUT2D eigenvalue weighted by molar-refractivity contribution is 5.71. The Balaban J connectivity index is 1.38. The van der Waals surface area contributed by atoms with E-state index in [9.17, 15) is 4.79 Å². The first kappa shape index (κ1) is 19.8. The summed E-state index contributed by atoms with van der Waals surface area (Å²) < 4.78 is 13.0. The number of benzene rings is 1. The number of hydrogen-bond donors (Lipinski definition) is 0. The summed E-state index contributed by atoms with van der Waals surface area (Å²) in [6.45, 7) is 10.4. The van der Waals surface area contributed by atoms with Crippen molar-refractivity contribution in [1.29, 1.82) is 0 Å². The van der Waals surface area contributed by atoms with Crippen LogP contribution in [0.5, 0.6) is 5.75 Å². The van der Waals surface area contributed by atoms with Gasteiger partial charge in [0.15, 0.2) is 0 Å². The molecule has 2 aromatic rings. The van der Waals surface area contributed by atoms with Crippen molar-refractivity contribution >= 4 is 6.09 Å². The zero-order chi connectivity index (χ0) is 20.5. The van der Waals surface area contributed by atoms with Crippen LogP contribution in [-0.4, -0.2) is 64.6 Å². The topological polar surface area (TPSA) is 59.8 Å². The van der Waals surface area contributed by atoms with Crippen molar-refractivity contribution in [1.82, 2.24) is 19.6 Å². The van der Waals surface area contributed by atoms with Gasteiger partial charge in [0.25, 0.3) is 0 Å². The van der Waals surface area contributed by atoms with E-state index in [1.807, 2.05) is 17.0 Å². The average Bonchev–Trinajstić information content (AvgIpc) is 3.33. The Labute approximate surface area is 172 Å². The molecule has 1 amide bonds. The van der Waals surface area contributed by atoms with Crippen molar-refractivity contribution in [3.63, 3.8) is 0 Å². The van der Waals surface area contributed by atoms with Gasteiger partial charge in [-0.05, 0) is 44.9 Å². The number of fused-ring (bicyclic) bond motifs is 1. The highest BCUT2D eigenvalue weighted by Gasteiger charge is 2.47. The molecule has 7 nitrogen and oxygen atoms in total. The monoisotopic (exact) mass is 398 g/mol. The number of rotatable bonds is 7. The summed E-state index contributed by atoms with van der Waals surface area (Å²) in [5.74, 6) is 0.845. The molecule has 3 heterocycles. The molecule has 2 fully saturated rings. The number of amides is 1. The van der Waals surface area contributed by atoms with Crippen LogP contribution in [0, 0.1) is 13.8 Å². The average molecular weight is 399 g/mol. The SMILES string of the molecule is CCn1nc(C)c(CN2C[C@H]3OC(=O)N(CCc4ccc(OC)cc4)[C@H]3C2)c1C. The summed E-state index contributed by atoms with van der Waals surface area (Å²) in [6, 6.07) is 8.14. The minimum Gasteiger partial charge on any atom is -0.497 e. The zero-order valence-corrected chi connectivity index (χ0v) is 17.7. The van der Waals surface area contributed by atoms with Crippen LogP contribution in [0.1, 0.15) is 29.4 Å². The number of aryl methyl sites for hydroxylation is 2. The molecular formula is C22H30N4O3. The van der Waals surface area contributed by atoms with Crippen molar-refractivity contribution in [3.8, 4) is 5.75 Å². The minimum atomic E-state index is -0.181. The molecule has 1 aromatic carbocycles. The van der Waals surface area contributed by atoms with Gasteiger partial charge in [0, 0.05) is 44.0 Å². The fourth-order valence-corrected chi connectivity index (χ4v) is 4.50. The van der Waals surface area contributed by atoms with E-state index in [0.29, 0.717) is 6.54 Å². The second-order valence-corrected chi connectivity index (χ2v) is 7.94. The van der Waals surface area contributed by atoms with Crippen LogP contribution in [0.4, 0.5) is 4.79 Å². The van der Waals surface area contributed by atoms with Gasteiger partial charge < -0.3 is 9.47 Å². The largest absolute Gasteiger partial charge is 0.497 e. The molecule has 0 unspecified atom stereocenters. The van der Waals surface area contributed by atoms with Crippen LogP contribution in [-0.2, 0) is 24.2 Å². The number of hydrogen-bond acceptors (Lipinski definition) is 5. The molecule has 156 valence electrons. The molecule has 2 aliphatic rings. The van der Waals surface area contributed by atoms with E-state index in [1.54, 1.807) is 7.11 Å². The summed E-state index contributed by atoms with van der Waals surface area (Å²) in [6.07, 6.45) is 0.587. The maximum atomic E-state index is 12.4. The summed E-state index contributed by atoms with van der Waals surface area (Å²) in [4.78, 5) is 16.7. The van der Waals surface area contributed by atoms with E-state index < -0.39 is 0 Å². The van der Waals surface area contributed by atoms with Gasteiger partial charge in [0.05, 0.1) is 18.8 Å². The van der Waals surface area contributed by atoms with Gasteiger partial charge in [-0.15, -0.1) is 0 Å². The quantitative estimate of drug-likeness (QED) is 0.718. The van der Waals surface area contributed by atoms with Crippen molar-refractivity contribution in [2.75, 3.05) is 26.7 Å². The summed E-state index contributed by atoms with van der Waals surface area (Å²) in [5, 5.41) is 4.63. The Kier molecular flexibility index (Phi) is 5.50. The molecule has 7 heteroatoms. The molecule has 0 radical (unpaired) electrons. The first-order valence-electron chi connectivity index (χ1n) is 10.4. The predicted octanol–water partition coefficient (Wildman–Crippen LogP) is 2.78. The number of nitrogens with zero attached hydrogens (tertiary/aromatic N) is 4. The van der Waals surface area contributed by atoms with Crippen LogP contribution in [0.2, 0.25) is 0 Å². The normalized spacial score (nSPS) is 21.5. The van der Waals surface area contributed by atoms with Gasteiger partial charge in [0.1, 0.15) is 11.9 Å². The second-order valence-electron chi connectivity index (χ2n) is 7.94. The van der Waals surface area contributed by atoms with Gasteiger partial charge in [0.2, 0.25) is 0 Å². The van der Waals surface area contributed by atoms with Crippen LogP contribution in [0.15, 0.2) is 24.3 Å². The first-order chi connectivity index (χ1) is 14.0. The van der Waals surface area contributed by atoms with Crippen LogP contribution >= 0.6 is 0 Å². The number of likely N-dealkylation sites (tertiary alicyclic amines) is 1. The van der Waals surface area contributed by atoms with Crippen molar-refractivity contribution in [2.24, 2.45) is 0 Å². The Hall–Kier alpha value is -2.54. The number of carbonyl (C=O) groups excluding carboxylic acids is 1. The second kappa shape index (κ2) is 8.06. The Morgan fingerprint density at radius 3 is 2.62 bits per heavy atom. The third-order valence-electron chi connectivity index (χ3n) is 6.21. The lowest BCUT2D eigenvalue weighted by Gasteiger charge is -2.22. The van der Waals surface area contributed by atoms with Gasteiger partial charge in [-0.25, -0.2) is 4.79 Å². The highest BCUT2D eigenvalue weighted by Crippen LogP contribution is 2.29. The number of aromatic nitrogens is 2. The number of methoxy groups -OCH3 is 1. The Morgan fingerprint density at radius 2 is 1.97 bits per heavy atom. The van der Waals surface area contributed by atoms with E-state index in [-0.39, 0.29) is 18.2 Å². The minimum absolute atomic E-state index is 0.0415. The van der Waals surface area contributed by atoms with Crippen molar-refractivity contribution < 1.29 is 14.3 Å². The number of carbonyl (C=O) groups is 1. The highest BCUT2D eigenvalue weighted by atomic mass is 16.6. The van der Waals surface area contributed by atoms with Gasteiger partial charge >= 0.3 is 6.09 Å². The summed E-state index contributed by atoms with van der Waals surface area (Å²) in [5.41, 5.74) is 4.81. The van der Waals surface area contributed by atoms with Crippen LogP contribution in [0.25, 0.3) is 0 Å². The summed E-state index contributed by atoms with van der Waals surface area (Å²) in [7, 11) is 1.66.